The average molecular weight is 432 g/mol. The molecule has 32 heavy (non-hydrogen) atoms. The lowest BCUT2D eigenvalue weighted by molar-refractivity contribution is -0.116. The third kappa shape index (κ3) is 6.55. The van der Waals surface area contributed by atoms with Crippen molar-refractivity contribution in [3.05, 3.63) is 90.8 Å². The number of ether oxygens (including phenoxy) is 1. The maximum atomic E-state index is 14.9. The Labute approximate surface area is 189 Å². The number of rotatable bonds is 11. The quantitative estimate of drug-likeness (QED) is 0.275. The van der Waals surface area contributed by atoms with Crippen LogP contribution in [0, 0.1) is 5.82 Å². The van der Waals surface area contributed by atoms with E-state index in [4.69, 9.17) is 4.74 Å². The van der Waals surface area contributed by atoms with Crippen LogP contribution in [-0.4, -0.2) is 19.1 Å². The van der Waals surface area contributed by atoms with E-state index in [2.05, 4.69) is 43.1 Å². The number of amides is 1. The fourth-order valence-electron chi connectivity index (χ4n) is 3.52. The summed E-state index contributed by atoms with van der Waals surface area (Å²) in [4.78, 5) is 11.1. The van der Waals surface area contributed by atoms with Gasteiger partial charge in [-0.05, 0) is 59.4 Å². The summed E-state index contributed by atoms with van der Waals surface area (Å²) in [5, 5.41) is 2.65. The summed E-state index contributed by atoms with van der Waals surface area (Å²) < 4.78 is 20.5. The minimum absolute atomic E-state index is 0.231. The Morgan fingerprint density at radius 1 is 0.969 bits per heavy atom. The second-order valence-corrected chi connectivity index (χ2v) is 7.72. The van der Waals surface area contributed by atoms with Gasteiger partial charge in [0, 0.05) is 5.56 Å². The van der Waals surface area contributed by atoms with Gasteiger partial charge in [0.25, 0.3) is 0 Å². The van der Waals surface area contributed by atoms with Crippen molar-refractivity contribution in [1.29, 1.82) is 0 Å². The van der Waals surface area contributed by atoms with E-state index in [9.17, 15) is 9.18 Å². The molecular weight excluding hydrogens is 401 g/mol. The van der Waals surface area contributed by atoms with Crippen molar-refractivity contribution >= 4 is 5.91 Å². The van der Waals surface area contributed by atoms with Crippen LogP contribution in [0.1, 0.15) is 31.7 Å². The van der Waals surface area contributed by atoms with E-state index < -0.39 is 0 Å². The number of hydrogen-bond donors (Lipinski definition) is 1. The van der Waals surface area contributed by atoms with Crippen molar-refractivity contribution in [2.24, 2.45) is 0 Å². The second-order valence-electron chi connectivity index (χ2n) is 7.72. The zero-order valence-corrected chi connectivity index (χ0v) is 18.6. The first kappa shape index (κ1) is 23.3. The summed E-state index contributed by atoms with van der Waals surface area (Å²) in [5.41, 5.74) is 4.54. The maximum Gasteiger partial charge on any atom is 0.243 e. The molecule has 0 atom stereocenters. The van der Waals surface area contributed by atoms with E-state index in [1.54, 1.807) is 18.2 Å². The molecule has 1 amide bonds. The number of hydrogen-bond acceptors (Lipinski definition) is 2. The number of carbonyl (C=O) groups excluding carboxylic acids is 1. The van der Waals surface area contributed by atoms with Crippen molar-refractivity contribution < 1.29 is 13.9 Å². The van der Waals surface area contributed by atoms with Crippen LogP contribution in [0.4, 0.5) is 4.39 Å². The largest absolute Gasteiger partial charge is 0.492 e. The minimum atomic E-state index is -0.254. The first-order valence-corrected chi connectivity index (χ1v) is 11.1. The summed E-state index contributed by atoms with van der Waals surface area (Å²) in [6, 6.07) is 21.0. The van der Waals surface area contributed by atoms with E-state index in [0.717, 1.165) is 23.1 Å². The van der Waals surface area contributed by atoms with E-state index in [0.29, 0.717) is 24.5 Å². The number of aryl methyl sites for hydroxylation is 1. The first-order valence-electron chi connectivity index (χ1n) is 11.1. The Balaban J connectivity index is 1.62. The standard InChI is InChI=1S/C28H30FNO2/c1-3-5-6-7-21-8-10-22(11-9-21)24-14-17-26(27(29)20-24)23-12-15-25(16-13-23)32-19-18-30-28(31)4-2/h4,8-17,20H,2-3,5-7,18-19H2,1H3,(H,30,31). The van der Waals surface area contributed by atoms with E-state index >= 15 is 0 Å². The van der Waals surface area contributed by atoms with Crippen LogP contribution >= 0.6 is 0 Å². The second kappa shape index (κ2) is 11.8. The predicted octanol–water partition coefficient (Wildman–Crippen LogP) is 6.57. The lowest BCUT2D eigenvalue weighted by Gasteiger charge is -2.10. The normalized spacial score (nSPS) is 10.6. The van der Waals surface area contributed by atoms with Gasteiger partial charge in [0.15, 0.2) is 0 Å². The third-order valence-corrected chi connectivity index (χ3v) is 5.35. The molecule has 0 aliphatic rings. The van der Waals surface area contributed by atoms with Gasteiger partial charge < -0.3 is 10.1 Å². The van der Waals surface area contributed by atoms with E-state index in [-0.39, 0.29) is 11.7 Å². The molecule has 0 aromatic heterocycles. The van der Waals surface area contributed by atoms with Crippen LogP contribution < -0.4 is 10.1 Å². The minimum Gasteiger partial charge on any atom is -0.492 e. The lowest BCUT2D eigenvalue weighted by atomic mass is 9.98. The molecule has 0 heterocycles. The zero-order chi connectivity index (χ0) is 22.8. The molecule has 3 aromatic rings. The Kier molecular flexibility index (Phi) is 8.61. The molecule has 3 nitrogen and oxygen atoms in total. The van der Waals surface area contributed by atoms with Gasteiger partial charge in [-0.1, -0.05) is 74.9 Å². The van der Waals surface area contributed by atoms with Gasteiger partial charge in [-0.3, -0.25) is 4.79 Å². The molecule has 4 heteroatoms. The highest BCUT2D eigenvalue weighted by Crippen LogP contribution is 2.29. The Bertz CT molecular complexity index is 1030. The van der Waals surface area contributed by atoms with Crippen LogP contribution in [0.5, 0.6) is 5.75 Å². The summed E-state index contributed by atoms with van der Waals surface area (Å²) in [6.07, 6.45) is 5.97. The van der Waals surface area contributed by atoms with Crippen molar-refractivity contribution in [2.75, 3.05) is 13.2 Å². The number of carbonyl (C=O) groups is 1. The van der Waals surface area contributed by atoms with Crippen LogP contribution in [0.3, 0.4) is 0 Å². The van der Waals surface area contributed by atoms with Crippen molar-refractivity contribution in [3.8, 4) is 28.0 Å². The Morgan fingerprint density at radius 3 is 2.31 bits per heavy atom. The summed E-state index contributed by atoms with van der Waals surface area (Å²) in [7, 11) is 0. The van der Waals surface area contributed by atoms with Gasteiger partial charge in [0.1, 0.15) is 18.2 Å². The molecule has 0 aliphatic heterocycles. The zero-order valence-electron chi connectivity index (χ0n) is 18.6. The molecule has 3 aromatic carbocycles. The van der Waals surface area contributed by atoms with Crippen molar-refractivity contribution in [3.63, 3.8) is 0 Å². The predicted molar refractivity (Wildman–Crippen MR) is 129 cm³/mol. The van der Waals surface area contributed by atoms with Gasteiger partial charge in [-0.25, -0.2) is 4.39 Å². The highest BCUT2D eigenvalue weighted by molar-refractivity contribution is 5.86. The van der Waals surface area contributed by atoms with Crippen LogP contribution in [0.25, 0.3) is 22.3 Å². The molecule has 0 radical (unpaired) electrons. The molecule has 0 fully saturated rings. The fraction of sp³-hybridized carbons (Fsp3) is 0.250. The van der Waals surface area contributed by atoms with Crippen LogP contribution in [0.2, 0.25) is 0 Å². The van der Waals surface area contributed by atoms with Gasteiger partial charge in [0.05, 0.1) is 6.54 Å². The number of benzene rings is 3. The number of nitrogens with one attached hydrogen (secondary N) is 1. The maximum absolute atomic E-state index is 14.9. The Hall–Kier alpha value is -3.40. The van der Waals surface area contributed by atoms with E-state index in [1.165, 1.54) is 30.9 Å². The molecule has 0 spiro atoms. The summed E-state index contributed by atoms with van der Waals surface area (Å²) in [6.45, 7) is 6.34. The molecule has 0 saturated carbocycles. The molecule has 1 N–H and O–H groups in total. The molecule has 0 bridgehead atoms. The molecule has 0 aliphatic carbocycles. The highest BCUT2D eigenvalue weighted by Gasteiger charge is 2.08. The van der Waals surface area contributed by atoms with Crippen LogP contribution in [-0.2, 0) is 11.2 Å². The molecule has 166 valence electrons. The number of halogens is 1. The third-order valence-electron chi connectivity index (χ3n) is 5.35. The van der Waals surface area contributed by atoms with E-state index in [1.807, 2.05) is 24.3 Å². The number of unbranched alkanes of at least 4 members (excludes halogenated alkanes) is 2. The van der Waals surface area contributed by atoms with Gasteiger partial charge >= 0.3 is 0 Å². The van der Waals surface area contributed by atoms with Crippen LogP contribution in [0.15, 0.2) is 79.4 Å². The summed E-state index contributed by atoms with van der Waals surface area (Å²) in [5.74, 6) is 0.179. The SMILES string of the molecule is C=CC(=O)NCCOc1ccc(-c2ccc(-c3ccc(CCCCC)cc3)cc2F)cc1. The highest BCUT2D eigenvalue weighted by atomic mass is 19.1. The monoisotopic (exact) mass is 431 g/mol. The lowest BCUT2D eigenvalue weighted by Crippen LogP contribution is -2.26. The smallest absolute Gasteiger partial charge is 0.243 e. The molecular formula is C28H30FNO2. The topological polar surface area (TPSA) is 38.3 Å². The Morgan fingerprint density at radius 2 is 1.66 bits per heavy atom. The summed E-state index contributed by atoms with van der Waals surface area (Å²) >= 11 is 0. The molecule has 0 unspecified atom stereocenters. The molecule has 3 rings (SSSR count). The van der Waals surface area contributed by atoms with Crippen molar-refractivity contribution in [1.82, 2.24) is 5.32 Å². The molecule has 0 saturated heterocycles. The first-order chi connectivity index (χ1) is 15.6. The van der Waals surface area contributed by atoms with Crippen molar-refractivity contribution in [2.45, 2.75) is 32.6 Å². The van der Waals surface area contributed by atoms with Gasteiger partial charge in [0.2, 0.25) is 5.91 Å². The average Bonchev–Trinajstić information content (AvgIpc) is 2.83. The fourth-order valence-corrected chi connectivity index (χ4v) is 3.52. The van der Waals surface area contributed by atoms with Gasteiger partial charge in [-0.2, -0.15) is 0 Å². The van der Waals surface area contributed by atoms with Gasteiger partial charge in [-0.15, -0.1) is 0 Å².